The Kier molecular flexibility index (Phi) is 6.95. The van der Waals surface area contributed by atoms with Crippen LogP contribution in [0, 0.1) is 20.8 Å². The quantitative estimate of drug-likeness (QED) is 0.0918. The van der Waals surface area contributed by atoms with E-state index in [1.165, 1.54) is 142 Å². The summed E-state index contributed by atoms with van der Waals surface area (Å²) in [6.45, 7) is 6.94. The van der Waals surface area contributed by atoms with Crippen LogP contribution in [-0.2, 0) is 19.3 Å². The molecule has 252 valence electrons. The summed E-state index contributed by atoms with van der Waals surface area (Å²) >= 11 is 17.5. The van der Waals surface area contributed by atoms with Crippen LogP contribution in [0.15, 0.2) is 85.1 Å². The van der Waals surface area contributed by atoms with E-state index >= 15 is 0 Å². The van der Waals surface area contributed by atoms with Crippen LogP contribution >= 0.6 is 49.6 Å². The minimum Gasteiger partial charge on any atom is -0.144 e. The van der Waals surface area contributed by atoms with E-state index in [0.29, 0.717) is 0 Å². The number of hydrogen-bond acceptors (Lipinski definition) is 4. The molecule has 0 saturated heterocycles. The highest BCUT2D eigenvalue weighted by Crippen LogP contribution is 2.61. The molecule has 1 aliphatic heterocycles. The summed E-state index contributed by atoms with van der Waals surface area (Å²) < 4.78 is 0. The Morgan fingerprint density at radius 2 is 1.30 bits per heavy atom. The van der Waals surface area contributed by atoms with Crippen molar-refractivity contribution in [1.29, 1.82) is 0 Å². The van der Waals surface area contributed by atoms with Gasteiger partial charge in [0.1, 0.15) is 23.5 Å². The van der Waals surface area contributed by atoms with E-state index in [1.807, 2.05) is 11.8 Å². The van der Waals surface area contributed by atoms with Crippen LogP contribution in [0.5, 0.6) is 0 Å². The van der Waals surface area contributed by atoms with Gasteiger partial charge in [-0.05, 0) is 128 Å². The van der Waals surface area contributed by atoms with E-state index in [-0.39, 0.29) is 0 Å². The van der Waals surface area contributed by atoms with Gasteiger partial charge in [-0.1, -0.05) is 100 Å². The van der Waals surface area contributed by atoms with Crippen LogP contribution in [0.4, 0.5) is 0 Å². The summed E-state index contributed by atoms with van der Waals surface area (Å²) in [7, 11) is 6.95. The highest BCUT2D eigenvalue weighted by molar-refractivity contribution is 8.00. The average Bonchev–Trinajstić information content (AvgIpc) is 3.79. The molecule has 7 aromatic rings. The topological polar surface area (TPSA) is 0 Å². The Morgan fingerprint density at radius 1 is 0.509 bits per heavy atom. The first-order chi connectivity index (χ1) is 25.6. The van der Waals surface area contributed by atoms with Crippen molar-refractivity contribution in [3.05, 3.63) is 116 Å². The highest BCUT2D eigenvalue weighted by atomic mass is 32.2. The lowest BCUT2D eigenvalue weighted by Crippen LogP contribution is -2.31. The normalized spacial score (nSPS) is 14.3. The number of rotatable bonds is 2. The molecular formula is C46H35B3S4. The minimum absolute atomic E-state index is 0.807. The minimum atomic E-state index is 0.807. The SMILES string of the molecule is Bc1c(S)c2c3c4c5c(c(B)c(C)c(C)c5c(-c5cccc6c5-c5ccc7c(c5C6)CC(c5ccccc5)=C7)c3c1B)Sc1c(C)c(S)c(S)c(c1-4)C2. The first kappa shape index (κ1) is 32.8. The third kappa shape index (κ3) is 4.10. The van der Waals surface area contributed by atoms with Crippen molar-refractivity contribution in [3.8, 4) is 33.4 Å². The number of aryl methyl sites for hydroxylation is 1. The van der Waals surface area contributed by atoms with Crippen molar-refractivity contribution in [2.24, 2.45) is 0 Å². The number of hydrogen-bond donors (Lipinski definition) is 3. The smallest absolute Gasteiger partial charge is 0.141 e. The van der Waals surface area contributed by atoms with E-state index in [0.717, 1.165) is 33.9 Å². The molecule has 0 fully saturated rings. The fourth-order valence-corrected chi connectivity index (χ4v) is 12.8. The molecule has 1 heterocycles. The predicted octanol–water partition coefficient (Wildman–Crippen LogP) is 7.93. The van der Waals surface area contributed by atoms with Gasteiger partial charge in [-0.15, -0.1) is 37.9 Å². The van der Waals surface area contributed by atoms with Crippen molar-refractivity contribution >= 4 is 123 Å². The summed E-state index contributed by atoms with van der Waals surface area (Å²) in [5.41, 5.74) is 27.5. The van der Waals surface area contributed by atoms with Gasteiger partial charge in [0, 0.05) is 47.4 Å². The van der Waals surface area contributed by atoms with Crippen molar-refractivity contribution < 1.29 is 0 Å². The molecule has 7 aromatic carbocycles. The largest absolute Gasteiger partial charge is 0.144 e. The molecule has 3 aliphatic carbocycles. The Balaban J connectivity index is 1.28. The maximum Gasteiger partial charge on any atom is 0.141 e. The van der Waals surface area contributed by atoms with E-state index < -0.39 is 0 Å². The van der Waals surface area contributed by atoms with Crippen LogP contribution in [-0.4, -0.2) is 23.5 Å². The molecule has 0 radical (unpaired) electrons. The van der Waals surface area contributed by atoms with Gasteiger partial charge in [-0.3, -0.25) is 0 Å². The van der Waals surface area contributed by atoms with Gasteiger partial charge in [0.2, 0.25) is 0 Å². The lowest BCUT2D eigenvalue weighted by Gasteiger charge is -2.36. The summed E-state index contributed by atoms with van der Waals surface area (Å²) in [4.78, 5) is 5.84. The van der Waals surface area contributed by atoms with Crippen molar-refractivity contribution in [2.45, 2.75) is 64.5 Å². The number of benzene rings is 7. The van der Waals surface area contributed by atoms with Gasteiger partial charge in [-0.25, -0.2) is 0 Å². The molecule has 0 nitrogen and oxygen atoms in total. The first-order valence-electron chi connectivity index (χ1n) is 18.6. The van der Waals surface area contributed by atoms with Crippen molar-refractivity contribution in [3.63, 3.8) is 0 Å². The van der Waals surface area contributed by atoms with Crippen LogP contribution in [0.25, 0.3) is 66.6 Å². The molecule has 11 rings (SSSR count). The Labute approximate surface area is 334 Å². The second-order valence-electron chi connectivity index (χ2n) is 15.7. The highest BCUT2D eigenvalue weighted by Gasteiger charge is 2.38. The zero-order chi connectivity index (χ0) is 36.3. The summed E-state index contributed by atoms with van der Waals surface area (Å²) in [5.74, 6) is 0. The molecule has 0 N–H and O–H groups in total. The zero-order valence-corrected chi connectivity index (χ0v) is 34.2. The maximum absolute atomic E-state index is 5.32. The number of fused-ring (bicyclic) bond motifs is 5. The van der Waals surface area contributed by atoms with Crippen LogP contribution in [0.2, 0.25) is 0 Å². The number of allylic oxidation sites excluding steroid dienone is 1. The molecular weight excluding hydrogens is 713 g/mol. The zero-order valence-electron chi connectivity index (χ0n) is 30.7. The molecule has 4 aliphatic rings. The molecule has 53 heavy (non-hydrogen) atoms. The van der Waals surface area contributed by atoms with Crippen LogP contribution in [0.1, 0.15) is 55.6 Å². The molecule has 0 saturated carbocycles. The molecule has 0 atom stereocenters. The van der Waals surface area contributed by atoms with Gasteiger partial charge in [-0.2, -0.15) is 0 Å². The summed E-state index contributed by atoms with van der Waals surface area (Å²) in [5, 5.41) is 5.59. The van der Waals surface area contributed by atoms with Gasteiger partial charge >= 0.3 is 0 Å². The average molecular weight is 748 g/mol. The standard InChI is InChI=1S/C46H35B3S4/c1-18-19(2)39(47)46-38-31(18)33(37-34-29(43(51)41(49)40(37)48)17-30-35(36(34)38)45(53-46)20(3)42(50)44(30)52)26-11-7-10-23-15-28-25(32(23)26)13-12-22-14-24(16-27(22)28)21-8-5-4-6-9-21/h4-14,50-52H,15-17,47-49H2,1-3H3. The Hall–Kier alpha value is -3.61. The van der Waals surface area contributed by atoms with Crippen molar-refractivity contribution in [2.75, 3.05) is 0 Å². The van der Waals surface area contributed by atoms with Gasteiger partial charge in [0.05, 0.1) is 0 Å². The Morgan fingerprint density at radius 3 is 2.09 bits per heavy atom. The lowest BCUT2D eigenvalue weighted by molar-refractivity contribution is 1.00. The molecule has 0 unspecified atom stereocenters. The first-order valence-corrected chi connectivity index (χ1v) is 20.8. The van der Waals surface area contributed by atoms with Gasteiger partial charge in [0.25, 0.3) is 0 Å². The monoisotopic (exact) mass is 748 g/mol. The van der Waals surface area contributed by atoms with Gasteiger partial charge in [0.15, 0.2) is 0 Å². The number of thiol groups is 3. The molecule has 0 aromatic heterocycles. The van der Waals surface area contributed by atoms with E-state index in [9.17, 15) is 0 Å². The second kappa shape index (κ2) is 11.2. The Bertz CT molecular complexity index is 2870. The maximum atomic E-state index is 5.32. The van der Waals surface area contributed by atoms with E-state index in [4.69, 9.17) is 37.9 Å². The summed E-state index contributed by atoms with van der Waals surface area (Å²) in [6, 6.07) is 22.8. The third-order valence-electron chi connectivity index (χ3n) is 13.4. The molecule has 0 bridgehead atoms. The van der Waals surface area contributed by atoms with Crippen LogP contribution < -0.4 is 16.4 Å². The second-order valence-corrected chi connectivity index (χ2v) is 18.1. The fraction of sp³-hybridized carbons (Fsp3) is 0.130. The predicted molar refractivity (Wildman–Crippen MR) is 246 cm³/mol. The lowest BCUT2D eigenvalue weighted by atomic mass is 9.68. The molecule has 7 heteroatoms. The summed E-state index contributed by atoms with van der Waals surface area (Å²) in [6.07, 6.45) is 5.18. The molecule has 0 amide bonds. The van der Waals surface area contributed by atoms with Crippen LogP contribution in [0.3, 0.4) is 0 Å². The van der Waals surface area contributed by atoms with Crippen molar-refractivity contribution in [1.82, 2.24) is 0 Å². The third-order valence-corrected chi connectivity index (χ3v) is 16.6. The molecule has 0 spiro atoms. The fourth-order valence-electron chi connectivity index (χ4n) is 10.3. The van der Waals surface area contributed by atoms with E-state index in [1.54, 1.807) is 0 Å². The van der Waals surface area contributed by atoms with Gasteiger partial charge < -0.3 is 0 Å². The van der Waals surface area contributed by atoms with E-state index in [2.05, 4.69) is 111 Å².